The van der Waals surface area contributed by atoms with Gasteiger partial charge in [0.05, 0.1) is 10.4 Å². The number of hydrogen-bond acceptors (Lipinski definition) is 2. The lowest BCUT2D eigenvalue weighted by Crippen LogP contribution is -2.30. The van der Waals surface area contributed by atoms with Crippen molar-refractivity contribution >= 4 is 17.9 Å². The smallest absolute Gasteiger partial charge is 0.213 e. The Morgan fingerprint density at radius 1 is 1.00 bits per heavy atom. The summed E-state index contributed by atoms with van der Waals surface area (Å²) < 4.78 is 13.9. The van der Waals surface area contributed by atoms with Gasteiger partial charge in [0.15, 0.2) is 0 Å². The topological polar surface area (TPSA) is 30.0 Å². The molecule has 0 atom stereocenters. The molecule has 2 nitrogen and oxygen atoms in total. The second-order valence-corrected chi connectivity index (χ2v) is 5.90. The number of pyridine rings is 1. The minimum atomic E-state index is -0.870. The highest BCUT2D eigenvalue weighted by Crippen LogP contribution is 2.44. The first-order valence-electron chi connectivity index (χ1n) is 7.54. The minimum Gasteiger partial charge on any atom is -0.303 e. The maximum Gasteiger partial charge on any atom is 0.213 e. The highest BCUT2D eigenvalue weighted by Gasteiger charge is 2.38. The molecule has 0 aliphatic heterocycles. The number of rotatable bonds is 5. The van der Waals surface area contributed by atoms with Crippen LogP contribution in [0.3, 0.4) is 0 Å². The van der Waals surface area contributed by atoms with E-state index >= 15 is 0 Å². The summed E-state index contributed by atoms with van der Waals surface area (Å²) in [5.41, 5.74) is 1.40. The summed E-state index contributed by atoms with van der Waals surface area (Å²) in [6, 6.07) is 20.4. The molecule has 3 aromatic rings. The molecule has 1 heterocycles. The summed E-state index contributed by atoms with van der Waals surface area (Å²) in [7, 11) is 0. The van der Waals surface area contributed by atoms with Crippen LogP contribution in [0.2, 0.25) is 5.02 Å². The fourth-order valence-corrected chi connectivity index (χ4v) is 3.40. The summed E-state index contributed by atoms with van der Waals surface area (Å²) in [6.07, 6.45) is 2.27. The van der Waals surface area contributed by atoms with Crippen LogP contribution in [-0.4, -0.2) is 11.3 Å². The molecule has 2 aromatic carbocycles. The molecule has 0 aliphatic carbocycles. The van der Waals surface area contributed by atoms with E-state index in [1.165, 1.54) is 12.3 Å². The molecule has 1 aromatic heterocycles. The lowest BCUT2D eigenvalue weighted by atomic mass is 9.68. The molecule has 0 amide bonds. The van der Waals surface area contributed by atoms with Crippen molar-refractivity contribution in [1.82, 2.24) is 4.98 Å². The zero-order valence-electron chi connectivity index (χ0n) is 12.8. The van der Waals surface area contributed by atoms with Gasteiger partial charge in [-0.2, -0.15) is 4.39 Å². The van der Waals surface area contributed by atoms with E-state index in [0.29, 0.717) is 10.6 Å². The molecule has 3 rings (SSSR count). The van der Waals surface area contributed by atoms with E-state index in [0.717, 1.165) is 17.4 Å². The highest BCUT2D eigenvalue weighted by molar-refractivity contribution is 6.31. The van der Waals surface area contributed by atoms with Crippen LogP contribution in [0.1, 0.15) is 23.1 Å². The number of hydrogen-bond donors (Lipinski definition) is 0. The first-order valence-corrected chi connectivity index (χ1v) is 7.92. The van der Waals surface area contributed by atoms with Crippen molar-refractivity contribution < 1.29 is 9.18 Å². The van der Waals surface area contributed by atoms with E-state index in [4.69, 9.17) is 11.6 Å². The third-order valence-corrected chi connectivity index (χ3v) is 4.51. The molecule has 0 spiro atoms. The average Bonchev–Trinajstić information content (AvgIpc) is 2.63. The molecule has 0 radical (unpaired) electrons. The van der Waals surface area contributed by atoms with Gasteiger partial charge in [-0.15, -0.1) is 0 Å². The molecular formula is C20H15ClFNO. The van der Waals surface area contributed by atoms with Crippen LogP contribution in [0, 0.1) is 5.95 Å². The predicted octanol–water partition coefficient (Wildman–Crippen LogP) is 4.80. The van der Waals surface area contributed by atoms with Crippen molar-refractivity contribution in [3.8, 4) is 0 Å². The maximum atomic E-state index is 13.9. The van der Waals surface area contributed by atoms with Gasteiger partial charge in [-0.3, -0.25) is 0 Å². The molecule has 0 bridgehead atoms. The van der Waals surface area contributed by atoms with Gasteiger partial charge in [-0.1, -0.05) is 72.3 Å². The Hall–Kier alpha value is -2.52. The van der Waals surface area contributed by atoms with Gasteiger partial charge in [-0.25, -0.2) is 4.98 Å². The summed E-state index contributed by atoms with van der Waals surface area (Å²) in [5, 5.41) is 0.325. The van der Waals surface area contributed by atoms with Gasteiger partial charge >= 0.3 is 0 Å². The summed E-state index contributed by atoms with van der Waals surface area (Å²) >= 11 is 6.37. The fraction of sp³-hybridized carbons (Fsp3) is 0.100. The molecule has 0 saturated heterocycles. The quantitative estimate of drug-likeness (QED) is 0.494. The van der Waals surface area contributed by atoms with E-state index in [2.05, 4.69) is 4.98 Å². The second kappa shape index (κ2) is 6.93. The number of benzene rings is 2. The number of halogens is 2. The molecule has 0 unspecified atom stereocenters. The fourth-order valence-electron chi connectivity index (χ4n) is 3.13. The lowest BCUT2D eigenvalue weighted by molar-refractivity contribution is -0.108. The van der Waals surface area contributed by atoms with E-state index in [9.17, 15) is 9.18 Å². The van der Waals surface area contributed by atoms with E-state index < -0.39 is 11.4 Å². The van der Waals surface area contributed by atoms with Crippen LogP contribution in [-0.2, 0) is 10.2 Å². The van der Waals surface area contributed by atoms with Crippen LogP contribution >= 0.6 is 11.6 Å². The zero-order chi connectivity index (χ0) is 17.0. The van der Waals surface area contributed by atoms with Crippen molar-refractivity contribution in [2.75, 3.05) is 0 Å². The SMILES string of the molecule is O=CCC(c1ccccc1)(c1ccccc1)c1cc(F)ncc1Cl. The molecule has 24 heavy (non-hydrogen) atoms. The Morgan fingerprint density at radius 2 is 1.54 bits per heavy atom. The Labute approximate surface area is 144 Å². The predicted molar refractivity (Wildman–Crippen MR) is 92.7 cm³/mol. The Bertz CT molecular complexity index is 797. The van der Waals surface area contributed by atoms with Gasteiger partial charge in [0.2, 0.25) is 5.95 Å². The summed E-state index contributed by atoms with van der Waals surface area (Å²) in [4.78, 5) is 15.2. The molecular weight excluding hydrogens is 325 g/mol. The van der Waals surface area contributed by atoms with Crippen LogP contribution in [0.5, 0.6) is 0 Å². The van der Waals surface area contributed by atoms with E-state index in [1.54, 1.807) is 0 Å². The van der Waals surface area contributed by atoms with E-state index in [-0.39, 0.29) is 6.42 Å². The Kier molecular flexibility index (Phi) is 4.72. The largest absolute Gasteiger partial charge is 0.303 e. The van der Waals surface area contributed by atoms with Crippen LogP contribution in [0.4, 0.5) is 4.39 Å². The first-order chi connectivity index (χ1) is 11.7. The average molecular weight is 340 g/mol. The lowest BCUT2D eigenvalue weighted by Gasteiger charge is -2.35. The monoisotopic (exact) mass is 339 g/mol. The maximum absolute atomic E-state index is 13.9. The van der Waals surface area contributed by atoms with Gasteiger partial charge in [-0.05, 0) is 22.8 Å². The molecule has 4 heteroatoms. The van der Waals surface area contributed by atoms with Crippen LogP contribution in [0.25, 0.3) is 0 Å². The molecule has 0 fully saturated rings. The Morgan fingerprint density at radius 3 is 2.04 bits per heavy atom. The van der Waals surface area contributed by atoms with Gasteiger partial charge in [0, 0.05) is 12.6 Å². The van der Waals surface area contributed by atoms with Crippen molar-refractivity contribution in [2.24, 2.45) is 0 Å². The third-order valence-electron chi connectivity index (χ3n) is 4.20. The first kappa shape index (κ1) is 16.3. The molecule has 120 valence electrons. The summed E-state index contributed by atoms with van der Waals surface area (Å²) in [6.45, 7) is 0. The number of carbonyl (C=O) groups excluding carboxylic acids is 1. The zero-order valence-corrected chi connectivity index (χ0v) is 13.6. The normalized spacial score (nSPS) is 11.2. The van der Waals surface area contributed by atoms with Crippen LogP contribution < -0.4 is 0 Å². The van der Waals surface area contributed by atoms with Gasteiger partial charge < -0.3 is 4.79 Å². The van der Waals surface area contributed by atoms with Gasteiger partial charge in [0.1, 0.15) is 6.29 Å². The third kappa shape index (κ3) is 2.83. The second-order valence-electron chi connectivity index (χ2n) is 5.50. The molecule has 0 saturated carbocycles. The highest BCUT2D eigenvalue weighted by atomic mass is 35.5. The standard InChI is InChI=1S/C20H15ClFNO/c21-18-14-23-19(22)13-17(18)20(11-12-24,15-7-3-1-4-8-15)16-9-5-2-6-10-16/h1-10,12-14H,11H2. The van der Waals surface area contributed by atoms with Gasteiger partial charge in [0.25, 0.3) is 0 Å². The van der Waals surface area contributed by atoms with Crippen molar-refractivity contribution in [3.05, 3.63) is 101 Å². The van der Waals surface area contributed by atoms with Crippen LogP contribution in [0.15, 0.2) is 72.9 Å². The number of nitrogens with zero attached hydrogens (tertiary/aromatic N) is 1. The number of aromatic nitrogens is 1. The minimum absolute atomic E-state index is 0.143. The molecule has 0 N–H and O–H groups in total. The number of carbonyl (C=O) groups is 1. The summed E-state index contributed by atoms with van der Waals surface area (Å²) in [5.74, 6) is -0.628. The number of aldehydes is 1. The van der Waals surface area contributed by atoms with Crippen molar-refractivity contribution in [3.63, 3.8) is 0 Å². The van der Waals surface area contributed by atoms with Crippen molar-refractivity contribution in [1.29, 1.82) is 0 Å². The van der Waals surface area contributed by atoms with E-state index in [1.807, 2.05) is 60.7 Å². The Balaban J connectivity index is 2.39. The van der Waals surface area contributed by atoms with Crippen molar-refractivity contribution in [2.45, 2.75) is 11.8 Å². The molecule has 0 aliphatic rings.